The van der Waals surface area contributed by atoms with Crippen molar-refractivity contribution in [2.45, 2.75) is 6.61 Å². The predicted molar refractivity (Wildman–Crippen MR) is 116 cm³/mol. The quantitative estimate of drug-likeness (QED) is 0.425. The van der Waals surface area contributed by atoms with Crippen molar-refractivity contribution in [2.24, 2.45) is 0 Å². The predicted octanol–water partition coefficient (Wildman–Crippen LogP) is 6.57. The maximum atomic E-state index is 14.0. The van der Waals surface area contributed by atoms with Gasteiger partial charge in [0.15, 0.2) is 16.7 Å². The van der Waals surface area contributed by atoms with Crippen molar-refractivity contribution < 1.29 is 9.13 Å². The number of nitrogens with zero attached hydrogens (tertiary/aromatic N) is 1. The average molecular weight is 457 g/mol. The summed E-state index contributed by atoms with van der Waals surface area (Å²) in [7, 11) is 0. The molecule has 0 aliphatic rings. The van der Waals surface area contributed by atoms with E-state index < -0.39 is 5.82 Å². The van der Waals surface area contributed by atoms with E-state index in [1.54, 1.807) is 36.4 Å². The Balaban J connectivity index is 1.73. The van der Waals surface area contributed by atoms with Crippen LogP contribution in [0.15, 0.2) is 54.7 Å². The molecule has 9 heteroatoms. The molecule has 0 fully saturated rings. The molecule has 0 aliphatic carbocycles. The van der Waals surface area contributed by atoms with Crippen molar-refractivity contribution in [3.05, 3.63) is 81.2 Å². The molecule has 2 N–H and O–H groups in total. The van der Waals surface area contributed by atoms with Crippen LogP contribution in [0, 0.1) is 5.82 Å². The lowest BCUT2D eigenvalue weighted by Gasteiger charge is -2.15. The number of halogens is 4. The lowest BCUT2D eigenvalue weighted by Crippen LogP contribution is -2.20. The van der Waals surface area contributed by atoms with Crippen LogP contribution in [-0.4, -0.2) is 10.1 Å². The summed E-state index contributed by atoms with van der Waals surface area (Å²) in [5.41, 5.74) is 0.980. The molecule has 2 aromatic carbocycles. The maximum Gasteiger partial charge on any atom is 0.176 e. The molecule has 144 valence electrons. The third kappa shape index (κ3) is 5.45. The Morgan fingerprint density at radius 1 is 1.04 bits per heavy atom. The van der Waals surface area contributed by atoms with Crippen LogP contribution >= 0.6 is 47.0 Å². The summed E-state index contributed by atoms with van der Waals surface area (Å²) in [6.45, 7) is -0.0976. The highest BCUT2D eigenvalue weighted by Crippen LogP contribution is 2.28. The molecule has 0 aliphatic heterocycles. The molecule has 0 spiro atoms. The van der Waals surface area contributed by atoms with Crippen LogP contribution in [-0.2, 0) is 6.61 Å². The Hall–Kier alpha value is -2.12. The Morgan fingerprint density at radius 3 is 2.50 bits per heavy atom. The molecular weight excluding hydrogens is 444 g/mol. The summed E-state index contributed by atoms with van der Waals surface area (Å²) in [5.74, 6) is 0.160. The van der Waals surface area contributed by atoms with E-state index in [1.165, 1.54) is 18.3 Å². The van der Waals surface area contributed by atoms with E-state index >= 15 is 0 Å². The Bertz CT molecular complexity index is 982. The van der Waals surface area contributed by atoms with Gasteiger partial charge in [-0.3, -0.25) is 0 Å². The lowest BCUT2D eigenvalue weighted by atomic mass is 10.2. The summed E-state index contributed by atoms with van der Waals surface area (Å²) >= 11 is 23.2. The van der Waals surface area contributed by atoms with Crippen molar-refractivity contribution in [2.75, 3.05) is 10.6 Å². The van der Waals surface area contributed by atoms with Crippen molar-refractivity contribution in [1.29, 1.82) is 0 Å². The van der Waals surface area contributed by atoms with Crippen molar-refractivity contribution >= 4 is 63.6 Å². The standard InChI is InChI=1S/C19H13Cl3FN3OS/c20-11-4-6-13(7-5-11)25-19(28)26-18-17(8-12(21)9-24-18)27-10-14-15(22)2-1-3-16(14)23/h1-9H,10H2,(H2,24,25,26,28). The maximum absolute atomic E-state index is 14.0. The molecule has 0 unspecified atom stereocenters. The van der Waals surface area contributed by atoms with Crippen LogP contribution in [0.1, 0.15) is 5.56 Å². The lowest BCUT2D eigenvalue weighted by molar-refractivity contribution is 0.300. The molecule has 0 saturated carbocycles. The Kier molecular flexibility index (Phi) is 6.91. The second-order valence-corrected chi connectivity index (χ2v) is 7.26. The van der Waals surface area contributed by atoms with E-state index in [9.17, 15) is 4.39 Å². The Labute approximate surface area is 181 Å². The van der Waals surface area contributed by atoms with Crippen LogP contribution in [0.3, 0.4) is 0 Å². The number of rotatable bonds is 5. The SMILES string of the molecule is Fc1cccc(Cl)c1COc1cc(Cl)cnc1NC(=S)Nc1ccc(Cl)cc1. The summed E-state index contributed by atoms with van der Waals surface area (Å²) in [5, 5.41) is 7.46. The number of anilines is 2. The molecule has 28 heavy (non-hydrogen) atoms. The number of aromatic nitrogens is 1. The number of thiocarbonyl (C=S) groups is 1. The van der Waals surface area contributed by atoms with Gasteiger partial charge in [0.1, 0.15) is 12.4 Å². The molecule has 1 aromatic heterocycles. The molecule has 0 atom stereocenters. The van der Waals surface area contributed by atoms with Crippen LogP contribution < -0.4 is 15.4 Å². The fraction of sp³-hybridized carbons (Fsp3) is 0.0526. The fourth-order valence-corrected chi connectivity index (χ4v) is 2.95. The second-order valence-electron chi connectivity index (χ2n) is 5.58. The summed E-state index contributed by atoms with van der Waals surface area (Å²) in [4.78, 5) is 4.19. The topological polar surface area (TPSA) is 46.2 Å². The van der Waals surface area contributed by atoms with Gasteiger partial charge in [-0.05, 0) is 48.6 Å². The molecule has 0 amide bonds. The van der Waals surface area contributed by atoms with Crippen LogP contribution in [0.25, 0.3) is 0 Å². The van der Waals surface area contributed by atoms with Gasteiger partial charge in [-0.1, -0.05) is 40.9 Å². The first-order valence-electron chi connectivity index (χ1n) is 7.97. The highest BCUT2D eigenvalue weighted by molar-refractivity contribution is 7.80. The van der Waals surface area contributed by atoms with E-state index in [0.29, 0.717) is 21.6 Å². The number of pyridine rings is 1. The van der Waals surface area contributed by atoms with Gasteiger partial charge in [-0.15, -0.1) is 0 Å². The second kappa shape index (κ2) is 9.39. The summed E-state index contributed by atoms with van der Waals surface area (Å²) < 4.78 is 19.6. The van der Waals surface area contributed by atoms with E-state index in [1.807, 2.05) is 0 Å². The van der Waals surface area contributed by atoms with E-state index in [2.05, 4.69) is 15.6 Å². The van der Waals surface area contributed by atoms with E-state index in [4.69, 9.17) is 51.8 Å². The van der Waals surface area contributed by atoms with Crippen molar-refractivity contribution in [1.82, 2.24) is 4.98 Å². The van der Waals surface area contributed by atoms with Gasteiger partial charge < -0.3 is 15.4 Å². The monoisotopic (exact) mass is 455 g/mol. The van der Waals surface area contributed by atoms with Gasteiger partial charge >= 0.3 is 0 Å². The minimum atomic E-state index is -0.461. The molecule has 1 heterocycles. The van der Waals surface area contributed by atoms with E-state index in [-0.39, 0.29) is 22.3 Å². The van der Waals surface area contributed by atoms with E-state index in [0.717, 1.165) is 5.69 Å². The number of benzene rings is 2. The summed E-state index contributed by atoms with van der Waals surface area (Å²) in [6.07, 6.45) is 1.44. The minimum absolute atomic E-state index is 0.0976. The van der Waals surface area contributed by atoms with Gasteiger partial charge in [0, 0.05) is 28.5 Å². The highest BCUT2D eigenvalue weighted by atomic mass is 35.5. The fourth-order valence-electron chi connectivity index (χ4n) is 2.25. The van der Waals surface area contributed by atoms with Crippen LogP contribution in [0.4, 0.5) is 15.9 Å². The number of ether oxygens (including phenoxy) is 1. The van der Waals surface area contributed by atoms with Crippen LogP contribution in [0.2, 0.25) is 15.1 Å². The van der Waals surface area contributed by atoms with Crippen molar-refractivity contribution in [3.63, 3.8) is 0 Å². The molecule has 0 saturated heterocycles. The van der Waals surface area contributed by atoms with Crippen molar-refractivity contribution in [3.8, 4) is 5.75 Å². The zero-order valence-electron chi connectivity index (χ0n) is 14.2. The third-order valence-electron chi connectivity index (χ3n) is 3.59. The summed E-state index contributed by atoms with van der Waals surface area (Å²) in [6, 6.07) is 13.0. The van der Waals surface area contributed by atoms with Gasteiger partial charge in [-0.25, -0.2) is 9.37 Å². The molecule has 4 nitrogen and oxygen atoms in total. The first-order valence-corrected chi connectivity index (χ1v) is 9.51. The van der Waals surface area contributed by atoms with Gasteiger partial charge in [0.05, 0.1) is 10.0 Å². The molecule has 3 aromatic rings. The van der Waals surface area contributed by atoms with Crippen LogP contribution in [0.5, 0.6) is 5.75 Å². The molecule has 3 rings (SSSR count). The zero-order valence-corrected chi connectivity index (χ0v) is 17.3. The van der Waals surface area contributed by atoms with Gasteiger partial charge in [0.25, 0.3) is 0 Å². The highest BCUT2D eigenvalue weighted by Gasteiger charge is 2.12. The number of nitrogens with one attached hydrogen (secondary N) is 2. The largest absolute Gasteiger partial charge is 0.485 e. The first kappa shape index (κ1) is 20.6. The smallest absolute Gasteiger partial charge is 0.176 e. The normalized spacial score (nSPS) is 10.4. The third-order valence-corrected chi connectivity index (χ3v) is 4.60. The molecule has 0 bridgehead atoms. The first-order chi connectivity index (χ1) is 13.4. The van der Waals surface area contributed by atoms with Gasteiger partial charge in [0.2, 0.25) is 0 Å². The van der Waals surface area contributed by atoms with Gasteiger partial charge in [-0.2, -0.15) is 0 Å². The minimum Gasteiger partial charge on any atom is -0.485 e. The number of hydrogen-bond donors (Lipinski definition) is 2. The Morgan fingerprint density at radius 2 is 1.79 bits per heavy atom. The zero-order chi connectivity index (χ0) is 20.1. The molecule has 0 radical (unpaired) electrons. The average Bonchev–Trinajstić information content (AvgIpc) is 2.65. The molecular formula is C19H13Cl3FN3OS. The number of hydrogen-bond acceptors (Lipinski definition) is 3.